The van der Waals surface area contributed by atoms with Gasteiger partial charge in [-0.2, -0.15) is 0 Å². The van der Waals surface area contributed by atoms with Crippen LogP contribution in [0.5, 0.6) is 0 Å². The van der Waals surface area contributed by atoms with Crippen molar-refractivity contribution in [2.24, 2.45) is 5.92 Å². The Bertz CT molecular complexity index is 367. The summed E-state index contributed by atoms with van der Waals surface area (Å²) in [7, 11) is 0. The predicted molar refractivity (Wildman–Crippen MR) is 64.5 cm³/mol. The van der Waals surface area contributed by atoms with Gasteiger partial charge in [-0.15, -0.1) is 0 Å². The van der Waals surface area contributed by atoms with Crippen LogP contribution < -0.4 is 0 Å². The second-order valence-electron chi connectivity index (χ2n) is 4.59. The minimum atomic E-state index is 0.265. The molecule has 1 aromatic heterocycles. The van der Waals surface area contributed by atoms with Crippen LogP contribution in [0.1, 0.15) is 54.9 Å². The molecule has 1 heterocycles. The Kier molecular flexibility index (Phi) is 3.70. The third-order valence-electron chi connectivity index (χ3n) is 3.53. The van der Waals surface area contributed by atoms with Gasteiger partial charge in [0.25, 0.3) is 0 Å². The van der Waals surface area contributed by atoms with Gasteiger partial charge in [-0.1, -0.05) is 26.2 Å². The fourth-order valence-corrected chi connectivity index (χ4v) is 2.53. The molecule has 1 aliphatic rings. The number of aromatic nitrogens is 1. The lowest BCUT2D eigenvalue weighted by Crippen LogP contribution is -2.19. The molecule has 0 bridgehead atoms. The number of nitrogens with zero attached hydrogens (tertiary/aromatic N) is 1. The maximum Gasteiger partial charge on any atom is 0.166 e. The van der Waals surface area contributed by atoms with Crippen molar-refractivity contribution < 1.29 is 4.79 Å². The third-order valence-corrected chi connectivity index (χ3v) is 3.53. The Labute approximate surface area is 97.1 Å². The van der Waals surface area contributed by atoms with Gasteiger partial charge in [0.15, 0.2) is 5.78 Å². The van der Waals surface area contributed by atoms with Crippen molar-refractivity contribution in [3.8, 4) is 0 Å². The number of Topliss-reactive ketones (excluding diaryl/α,β-unsaturated/α-hetero) is 1. The standard InChI is InChI=1S/C14H19NO/c1-2-11-10-15-9-8-13(11)14(16)12-6-4-3-5-7-12/h8-10,12H,2-7H2,1H3. The van der Waals surface area contributed by atoms with Crippen LogP contribution in [0.2, 0.25) is 0 Å². The van der Waals surface area contributed by atoms with Gasteiger partial charge >= 0.3 is 0 Å². The molecular formula is C14H19NO. The zero-order chi connectivity index (χ0) is 11.4. The first-order valence-electron chi connectivity index (χ1n) is 6.30. The van der Waals surface area contributed by atoms with Crippen LogP contribution in [-0.4, -0.2) is 10.8 Å². The molecule has 0 aromatic carbocycles. The highest BCUT2D eigenvalue weighted by Gasteiger charge is 2.23. The Hall–Kier alpha value is -1.18. The van der Waals surface area contributed by atoms with Gasteiger partial charge < -0.3 is 0 Å². The first-order chi connectivity index (χ1) is 7.83. The lowest BCUT2D eigenvalue weighted by molar-refractivity contribution is 0.0888. The van der Waals surface area contributed by atoms with Crippen molar-refractivity contribution in [3.63, 3.8) is 0 Å². The number of aryl methyl sites for hydroxylation is 1. The molecule has 0 amide bonds. The molecule has 1 aliphatic carbocycles. The van der Waals surface area contributed by atoms with E-state index in [1.165, 1.54) is 19.3 Å². The lowest BCUT2D eigenvalue weighted by atomic mass is 9.83. The zero-order valence-electron chi connectivity index (χ0n) is 9.91. The van der Waals surface area contributed by atoms with Crippen molar-refractivity contribution in [1.82, 2.24) is 4.98 Å². The molecule has 0 saturated heterocycles. The maximum absolute atomic E-state index is 12.4. The van der Waals surface area contributed by atoms with Crippen molar-refractivity contribution in [1.29, 1.82) is 0 Å². The molecule has 2 heteroatoms. The molecule has 0 atom stereocenters. The smallest absolute Gasteiger partial charge is 0.166 e. The molecule has 0 spiro atoms. The van der Waals surface area contributed by atoms with E-state index in [2.05, 4.69) is 11.9 Å². The molecule has 1 fully saturated rings. The molecule has 16 heavy (non-hydrogen) atoms. The van der Waals surface area contributed by atoms with E-state index in [0.717, 1.165) is 30.4 Å². The number of carbonyl (C=O) groups is 1. The molecule has 86 valence electrons. The van der Waals surface area contributed by atoms with E-state index >= 15 is 0 Å². The second kappa shape index (κ2) is 5.24. The van der Waals surface area contributed by atoms with E-state index in [9.17, 15) is 4.79 Å². The summed E-state index contributed by atoms with van der Waals surface area (Å²) in [5, 5.41) is 0. The van der Waals surface area contributed by atoms with E-state index in [1.54, 1.807) is 6.20 Å². The Morgan fingerprint density at radius 3 is 2.81 bits per heavy atom. The van der Waals surface area contributed by atoms with Crippen molar-refractivity contribution >= 4 is 5.78 Å². The Morgan fingerprint density at radius 2 is 2.12 bits per heavy atom. The number of ketones is 1. The van der Waals surface area contributed by atoms with Gasteiger partial charge in [-0.25, -0.2) is 0 Å². The lowest BCUT2D eigenvalue weighted by Gasteiger charge is -2.21. The van der Waals surface area contributed by atoms with Crippen LogP contribution >= 0.6 is 0 Å². The largest absolute Gasteiger partial charge is 0.294 e. The fourth-order valence-electron chi connectivity index (χ4n) is 2.53. The van der Waals surface area contributed by atoms with Crippen molar-refractivity contribution in [2.75, 3.05) is 0 Å². The summed E-state index contributed by atoms with van der Waals surface area (Å²) in [5.41, 5.74) is 2.00. The van der Waals surface area contributed by atoms with Gasteiger partial charge in [0, 0.05) is 23.9 Å². The molecule has 0 aliphatic heterocycles. The fraction of sp³-hybridized carbons (Fsp3) is 0.571. The van der Waals surface area contributed by atoms with Gasteiger partial charge in [0.2, 0.25) is 0 Å². The zero-order valence-corrected chi connectivity index (χ0v) is 9.91. The second-order valence-corrected chi connectivity index (χ2v) is 4.59. The number of carbonyl (C=O) groups excluding carboxylic acids is 1. The number of pyridine rings is 1. The highest BCUT2D eigenvalue weighted by molar-refractivity contribution is 5.99. The van der Waals surface area contributed by atoms with Gasteiger partial charge in [-0.05, 0) is 30.9 Å². The average molecular weight is 217 g/mol. The molecule has 2 rings (SSSR count). The van der Waals surface area contributed by atoms with Crippen LogP contribution in [0.25, 0.3) is 0 Å². The molecule has 2 nitrogen and oxygen atoms in total. The summed E-state index contributed by atoms with van der Waals surface area (Å²) < 4.78 is 0. The average Bonchev–Trinajstić information content (AvgIpc) is 2.39. The highest BCUT2D eigenvalue weighted by Crippen LogP contribution is 2.27. The van der Waals surface area contributed by atoms with Gasteiger partial charge in [0.05, 0.1) is 0 Å². The number of hydrogen-bond donors (Lipinski definition) is 0. The molecule has 1 saturated carbocycles. The summed E-state index contributed by atoms with van der Waals surface area (Å²) in [6.07, 6.45) is 10.3. The molecule has 0 unspecified atom stereocenters. The number of rotatable bonds is 3. The van der Waals surface area contributed by atoms with Crippen molar-refractivity contribution in [3.05, 3.63) is 29.6 Å². The van der Waals surface area contributed by atoms with Crippen molar-refractivity contribution in [2.45, 2.75) is 45.4 Å². The van der Waals surface area contributed by atoms with Crippen LogP contribution in [-0.2, 0) is 6.42 Å². The van der Waals surface area contributed by atoms with E-state index in [0.29, 0.717) is 5.78 Å². The minimum absolute atomic E-state index is 0.265. The molecular weight excluding hydrogens is 198 g/mol. The summed E-state index contributed by atoms with van der Waals surface area (Å²) in [6, 6.07) is 1.88. The Balaban J connectivity index is 2.19. The first kappa shape index (κ1) is 11.3. The normalized spacial score (nSPS) is 17.3. The van der Waals surface area contributed by atoms with Crippen LogP contribution in [0.4, 0.5) is 0 Å². The predicted octanol–water partition coefficient (Wildman–Crippen LogP) is 3.41. The van der Waals surface area contributed by atoms with E-state index in [1.807, 2.05) is 12.3 Å². The summed E-state index contributed by atoms with van der Waals surface area (Å²) >= 11 is 0. The Morgan fingerprint density at radius 1 is 1.38 bits per heavy atom. The summed E-state index contributed by atoms with van der Waals surface area (Å²) in [5.74, 6) is 0.611. The molecule has 1 aromatic rings. The monoisotopic (exact) mass is 217 g/mol. The van der Waals surface area contributed by atoms with E-state index in [4.69, 9.17) is 0 Å². The SMILES string of the molecule is CCc1cnccc1C(=O)C1CCCCC1. The van der Waals surface area contributed by atoms with Crippen LogP contribution in [0, 0.1) is 5.92 Å². The minimum Gasteiger partial charge on any atom is -0.294 e. The summed E-state index contributed by atoms with van der Waals surface area (Å²) in [4.78, 5) is 16.4. The highest BCUT2D eigenvalue weighted by atomic mass is 16.1. The van der Waals surface area contributed by atoms with E-state index < -0.39 is 0 Å². The topological polar surface area (TPSA) is 30.0 Å². The van der Waals surface area contributed by atoms with E-state index in [-0.39, 0.29) is 5.92 Å². The first-order valence-corrected chi connectivity index (χ1v) is 6.30. The maximum atomic E-state index is 12.4. The number of hydrogen-bond acceptors (Lipinski definition) is 2. The van der Waals surface area contributed by atoms with Crippen LogP contribution in [0.15, 0.2) is 18.5 Å². The quantitative estimate of drug-likeness (QED) is 0.726. The molecule has 0 N–H and O–H groups in total. The van der Waals surface area contributed by atoms with Crippen LogP contribution in [0.3, 0.4) is 0 Å². The molecule has 0 radical (unpaired) electrons. The summed E-state index contributed by atoms with van der Waals surface area (Å²) in [6.45, 7) is 2.08. The third kappa shape index (κ3) is 2.31. The van der Waals surface area contributed by atoms with Gasteiger partial charge in [0.1, 0.15) is 0 Å². The van der Waals surface area contributed by atoms with Gasteiger partial charge in [-0.3, -0.25) is 9.78 Å².